The molecule has 0 unspecified atom stereocenters. The van der Waals surface area contributed by atoms with Crippen molar-refractivity contribution in [3.05, 3.63) is 30.3 Å². The molecule has 0 saturated heterocycles. The summed E-state index contributed by atoms with van der Waals surface area (Å²) in [6.45, 7) is 7.24. The van der Waals surface area contributed by atoms with E-state index in [4.69, 9.17) is 0 Å². The highest BCUT2D eigenvalue weighted by molar-refractivity contribution is 8.34. The van der Waals surface area contributed by atoms with Gasteiger partial charge in [0.25, 0.3) is 0 Å². The van der Waals surface area contributed by atoms with Crippen LogP contribution in [0.4, 0.5) is 5.69 Å². The largest absolute Gasteiger partial charge is 0.361 e. The third-order valence-electron chi connectivity index (χ3n) is 2.15. The minimum atomic E-state index is -1.29. The van der Waals surface area contributed by atoms with E-state index in [1.807, 2.05) is 0 Å². The van der Waals surface area contributed by atoms with Gasteiger partial charge >= 0.3 is 0 Å². The Morgan fingerprint density at radius 1 is 0.933 bits per heavy atom. The van der Waals surface area contributed by atoms with Gasteiger partial charge in [-0.3, -0.25) is 0 Å². The van der Waals surface area contributed by atoms with Gasteiger partial charge in [0.2, 0.25) is 0 Å². The van der Waals surface area contributed by atoms with Crippen LogP contribution in [-0.4, -0.2) is 27.0 Å². The summed E-state index contributed by atoms with van der Waals surface area (Å²) in [7, 11) is -1.97. The highest BCUT2D eigenvalue weighted by atomic mass is 32.3. The van der Waals surface area contributed by atoms with E-state index in [9.17, 15) is 0 Å². The van der Waals surface area contributed by atoms with Crippen molar-refractivity contribution in [2.75, 3.05) is 22.7 Å². The van der Waals surface area contributed by atoms with Crippen molar-refractivity contribution in [2.24, 2.45) is 0 Å². The minimum Gasteiger partial charge on any atom is -0.361 e. The molecule has 0 bridgehead atoms. The Balaban J connectivity index is 3.15. The van der Waals surface area contributed by atoms with Gasteiger partial charge in [-0.15, -0.1) is 0 Å². The second-order valence-corrected chi connectivity index (χ2v) is 14.6. The molecule has 0 atom stereocenters. The molecule has 0 radical (unpaired) electrons. The van der Waals surface area contributed by atoms with E-state index in [1.165, 1.54) is 5.69 Å². The third-order valence-corrected chi connectivity index (χ3v) is 8.22. The number of hydrogen-bond donors (Lipinski definition) is 0. The smallest absolute Gasteiger partial charge is 0.158 e. The maximum atomic E-state index is 2.68. The molecule has 3 heteroatoms. The van der Waals surface area contributed by atoms with E-state index in [1.54, 1.807) is 0 Å². The lowest BCUT2D eigenvalue weighted by Crippen LogP contribution is -2.46. The predicted octanol–water partition coefficient (Wildman–Crippen LogP) is 3.94. The molecule has 0 N–H and O–H groups in total. The number of rotatable bonds is 3. The van der Waals surface area contributed by atoms with Crippen molar-refractivity contribution < 1.29 is 0 Å². The molecule has 0 aromatic heterocycles. The van der Waals surface area contributed by atoms with Crippen molar-refractivity contribution in [3.63, 3.8) is 0 Å². The van der Waals surface area contributed by atoms with Crippen LogP contribution in [0, 0.1) is 0 Å². The summed E-state index contributed by atoms with van der Waals surface area (Å²) in [6, 6.07) is 10.8. The highest BCUT2D eigenvalue weighted by Crippen LogP contribution is 2.46. The maximum Gasteiger partial charge on any atom is 0.158 e. The number of benzene rings is 1. The van der Waals surface area contributed by atoms with Crippen LogP contribution in [0.5, 0.6) is 0 Å². The van der Waals surface area contributed by atoms with Crippen molar-refractivity contribution in [1.29, 1.82) is 0 Å². The van der Waals surface area contributed by atoms with Gasteiger partial charge in [0.1, 0.15) is 0 Å². The number of para-hydroxylation sites is 1. The fourth-order valence-electron chi connectivity index (χ4n) is 2.09. The van der Waals surface area contributed by atoms with Crippen LogP contribution < -0.4 is 3.97 Å². The Kier molecular flexibility index (Phi) is 3.56. The number of hydrogen-bond acceptors (Lipinski definition) is 1. The standard InChI is InChI=1S/C12H23NSSi/c1-14(2,3)13(15(4,5)6)12-10-8-7-9-11-12/h7-11H,1-6H3. The summed E-state index contributed by atoms with van der Waals surface area (Å²) < 4.78 is 2.68. The average Bonchev–Trinajstić information content (AvgIpc) is 2.00. The van der Waals surface area contributed by atoms with Gasteiger partial charge in [-0.2, -0.15) is 10.2 Å². The van der Waals surface area contributed by atoms with Gasteiger partial charge in [0.15, 0.2) is 8.24 Å². The molecule has 1 aromatic carbocycles. The van der Waals surface area contributed by atoms with Gasteiger partial charge in [-0.1, -0.05) is 37.8 Å². The van der Waals surface area contributed by atoms with Crippen molar-refractivity contribution in [2.45, 2.75) is 19.6 Å². The van der Waals surface area contributed by atoms with Crippen LogP contribution in [0.15, 0.2) is 30.3 Å². The Labute approximate surface area is 97.0 Å². The predicted molar refractivity (Wildman–Crippen MR) is 77.6 cm³/mol. The molecule has 1 aromatic rings. The molecule has 0 amide bonds. The fourth-order valence-corrected chi connectivity index (χ4v) is 10.3. The molecule has 0 fully saturated rings. The van der Waals surface area contributed by atoms with Gasteiger partial charge in [0, 0.05) is 5.69 Å². The SMILES string of the molecule is C[Si](C)(C)N(c1ccccc1)S(C)(C)C. The minimum absolute atomic E-state index is 0.681. The monoisotopic (exact) mass is 241 g/mol. The van der Waals surface area contributed by atoms with Crippen molar-refractivity contribution in [3.8, 4) is 0 Å². The zero-order valence-corrected chi connectivity index (χ0v) is 12.6. The van der Waals surface area contributed by atoms with E-state index in [2.05, 4.69) is 72.7 Å². The molecular formula is C12H23NSSi. The quantitative estimate of drug-likeness (QED) is 0.725. The van der Waals surface area contributed by atoms with Crippen LogP contribution in [0.3, 0.4) is 0 Å². The first-order valence-corrected chi connectivity index (χ1v) is 11.5. The second kappa shape index (κ2) is 4.22. The molecule has 0 aliphatic heterocycles. The molecule has 0 spiro atoms. The van der Waals surface area contributed by atoms with Crippen molar-refractivity contribution >= 4 is 24.1 Å². The topological polar surface area (TPSA) is 3.24 Å². The van der Waals surface area contributed by atoms with Gasteiger partial charge in [0.05, 0.1) is 0 Å². The van der Waals surface area contributed by atoms with E-state index in [-0.39, 0.29) is 0 Å². The fraction of sp³-hybridized carbons (Fsp3) is 0.500. The molecule has 0 aliphatic rings. The van der Waals surface area contributed by atoms with Crippen LogP contribution in [-0.2, 0) is 0 Å². The summed E-state index contributed by atoms with van der Waals surface area (Å²) in [5.74, 6) is 0. The highest BCUT2D eigenvalue weighted by Gasteiger charge is 2.30. The first-order chi connectivity index (χ1) is 6.73. The first-order valence-electron chi connectivity index (χ1n) is 5.27. The zero-order valence-electron chi connectivity index (χ0n) is 10.7. The Hall–Kier alpha value is -0.413. The molecule has 15 heavy (non-hydrogen) atoms. The maximum absolute atomic E-state index is 2.68. The van der Waals surface area contributed by atoms with Gasteiger partial charge in [-0.05, 0) is 30.9 Å². The Morgan fingerprint density at radius 2 is 1.40 bits per heavy atom. The Morgan fingerprint density at radius 3 is 1.73 bits per heavy atom. The summed E-state index contributed by atoms with van der Waals surface area (Å²) in [5.41, 5.74) is 1.39. The Bertz CT molecular complexity index is 297. The van der Waals surface area contributed by atoms with Crippen LogP contribution in [0.1, 0.15) is 0 Å². The summed E-state index contributed by atoms with van der Waals surface area (Å²) in [5, 5.41) is 0. The number of nitrogens with zero attached hydrogens (tertiary/aromatic N) is 1. The van der Waals surface area contributed by atoms with Crippen molar-refractivity contribution in [1.82, 2.24) is 0 Å². The van der Waals surface area contributed by atoms with Gasteiger partial charge in [-0.25, -0.2) is 0 Å². The normalized spacial score (nSPS) is 13.7. The summed E-state index contributed by atoms with van der Waals surface area (Å²) in [4.78, 5) is 0. The summed E-state index contributed by atoms with van der Waals surface area (Å²) >= 11 is 0. The van der Waals surface area contributed by atoms with Crippen LogP contribution >= 0.6 is 10.2 Å². The zero-order chi connectivity index (χ0) is 11.7. The number of anilines is 1. The van der Waals surface area contributed by atoms with E-state index in [0.29, 0.717) is 0 Å². The lowest BCUT2D eigenvalue weighted by atomic mass is 10.3. The molecule has 86 valence electrons. The molecule has 0 saturated carbocycles. The van der Waals surface area contributed by atoms with Gasteiger partial charge < -0.3 is 3.97 Å². The van der Waals surface area contributed by atoms with E-state index >= 15 is 0 Å². The molecule has 0 aliphatic carbocycles. The second-order valence-electron chi connectivity index (χ2n) is 5.57. The van der Waals surface area contributed by atoms with Crippen LogP contribution in [0.25, 0.3) is 0 Å². The summed E-state index contributed by atoms with van der Waals surface area (Å²) in [6.07, 6.45) is 7.12. The lowest BCUT2D eigenvalue weighted by Gasteiger charge is -2.49. The van der Waals surface area contributed by atoms with Crippen LogP contribution in [0.2, 0.25) is 19.6 Å². The van der Waals surface area contributed by atoms with E-state index in [0.717, 1.165) is 0 Å². The lowest BCUT2D eigenvalue weighted by molar-refractivity contribution is 1.44. The molecule has 1 nitrogen and oxygen atoms in total. The third kappa shape index (κ3) is 3.28. The average molecular weight is 241 g/mol. The van der Waals surface area contributed by atoms with E-state index < -0.39 is 18.4 Å². The molecule has 1 rings (SSSR count). The molecule has 0 heterocycles. The molecular weight excluding hydrogens is 218 g/mol. The first kappa shape index (κ1) is 12.7.